The minimum absolute atomic E-state index is 0.327. The molecule has 1 N–H and O–H groups in total. The Balaban J connectivity index is 1.73. The Kier molecular flexibility index (Phi) is 6.93. The maximum absolute atomic E-state index is 10.2. The summed E-state index contributed by atoms with van der Waals surface area (Å²) in [6.45, 7) is 11.5. The third kappa shape index (κ3) is 5.51. The van der Waals surface area contributed by atoms with Gasteiger partial charge in [-0.25, -0.2) is 0 Å². The summed E-state index contributed by atoms with van der Waals surface area (Å²) in [7, 11) is 0. The standard InChI is InChI=1S/C17H33NO3/c1-13(2)16-5-4-14(3)10-17(16)21-12-15(19)11-18-6-8-20-9-7-18/h13-17,19H,4-12H2,1-3H3/t14-,15+,16-,17+/m0/s1. The lowest BCUT2D eigenvalue weighted by molar-refractivity contribution is -0.0782. The second kappa shape index (κ2) is 8.47. The van der Waals surface area contributed by atoms with Gasteiger partial charge in [-0.05, 0) is 30.6 Å². The fourth-order valence-corrected chi connectivity index (χ4v) is 3.68. The van der Waals surface area contributed by atoms with Gasteiger partial charge in [0.25, 0.3) is 0 Å². The summed E-state index contributed by atoms with van der Waals surface area (Å²) < 4.78 is 11.5. The molecule has 4 nitrogen and oxygen atoms in total. The molecule has 0 aromatic carbocycles. The Morgan fingerprint density at radius 2 is 1.95 bits per heavy atom. The van der Waals surface area contributed by atoms with Crippen LogP contribution in [-0.2, 0) is 9.47 Å². The van der Waals surface area contributed by atoms with Crippen molar-refractivity contribution < 1.29 is 14.6 Å². The fraction of sp³-hybridized carbons (Fsp3) is 1.00. The van der Waals surface area contributed by atoms with Gasteiger partial charge in [0.15, 0.2) is 0 Å². The molecule has 1 aliphatic heterocycles. The van der Waals surface area contributed by atoms with Gasteiger partial charge in [0.2, 0.25) is 0 Å². The molecule has 1 aliphatic carbocycles. The van der Waals surface area contributed by atoms with Crippen molar-refractivity contribution in [2.45, 2.75) is 52.2 Å². The summed E-state index contributed by atoms with van der Waals surface area (Å²) in [5.74, 6) is 2.07. The second-order valence-electron chi connectivity index (χ2n) is 7.26. The van der Waals surface area contributed by atoms with Gasteiger partial charge in [-0.1, -0.05) is 27.2 Å². The maximum Gasteiger partial charge on any atom is 0.0900 e. The highest BCUT2D eigenvalue weighted by Crippen LogP contribution is 2.35. The molecule has 2 aliphatic rings. The lowest BCUT2D eigenvalue weighted by Crippen LogP contribution is -2.43. The molecule has 2 fully saturated rings. The number of rotatable bonds is 6. The molecule has 0 spiro atoms. The van der Waals surface area contributed by atoms with Gasteiger partial charge in [-0.15, -0.1) is 0 Å². The molecule has 0 aromatic rings. The van der Waals surface area contributed by atoms with Gasteiger partial charge in [-0.3, -0.25) is 4.90 Å². The molecule has 1 saturated heterocycles. The van der Waals surface area contributed by atoms with E-state index in [4.69, 9.17) is 9.47 Å². The first kappa shape index (κ1) is 17.2. The highest BCUT2D eigenvalue weighted by molar-refractivity contribution is 4.81. The zero-order chi connectivity index (χ0) is 15.2. The highest BCUT2D eigenvalue weighted by atomic mass is 16.5. The Morgan fingerprint density at radius 3 is 2.62 bits per heavy atom. The van der Waals surface area contributed by atoms with E-state index in [1.807, 2.05) is 0 Å². The van der Waals surface area contributed by atoms with E-state index in [1.165, 1.54) is 12.8 Å². The summed E-state index contributed by atoms with van der Waals surface area (Å²) in [5, 5.41) is 10.2. The van der Waals surface area contributed by atoms with Crippen LogP contribution >= 0.6 is 0 Å². The Bertz CT molecular complexity index is 292. The molecule has 4 atom stereocenters. The minimum atomic E-state index is -0.381. The Hall–Kier alpha value is -0.160. The number of hydrogen-bond donors (Lipinski definition) is 1. The quantitative estimate of drug-likeness (QED) is 0.816. The van der Waals surface area contributed by atoms with E-state index in [0.717, 1.165) is 38.6 Å². The van der Waals surface area contributed by atoms with Crippen LogP contribution in [0.5, 0.6) is 0 Å². The monoisotopic (exact) mass is 299 g/mol. The van der Waals surface area contributed by atoms with E-state index < -0.39 is 0 Å². The zero-order valence-corrected chi connectivity index (χ0v) is 14.0. The third-order valence-electron chi connectivity index (χ3n) is 5.04. The predicted molar refractivity (Wildman–Crippen MR) is 84.3 cm³/mol. The molecule has 0 radical (unpaired) electrons. The van der Waals surface area contributed by atoms with Gasteiger partial charge >= 0.3 is 0 Å². The molecule has 0 unspecified atom stereocenters. The number of aliphatic hydroxyl groups is 1. The SMILES string of the molecule is CC(C)[C@@H]1CC[C@H](C)C[C@H]1OC[C@H](O)CN1CCOCC1. The number of hydrogen-bond acceptors (Lipinski definition) is 4. The van der Waals surface area contributed by atoms with Crippen LogP contribution in [0.4, 0.5) is 0 Å². The van der Waals surface area contributed by atoms with Crippen molar-refractivity contribution in [3.63, 3.8) is 0 Å². The lowest BCUT2D eigenvalue weighted by Gasteiger charge is -2.38. The first-order chi connectivity index (χ1) is 10.1. The van der Waals surface area contributed by atoms with Crippen molar-refractivity contribution in [1.82, 2.24) is 4.90 Å². The first-order valence-electron chi connectivity index (χ1n) is 8.66. The van der Waals surface area contributed by atoms with Crippen molar-refractivity contribution in [1.29, 1.82) is 0 Å². The minimum Gasteiger partial charge on any atom is -0.389 e. The van der Waals surface area contributed by atoms with E-state index in [-0.39, 0.29) is 6.10 Å². The average molecular weight is 299 g/mol. The van der Waals surface area contributed by atoms with Gasteiger partial charge in [-0.2, -0.15) is 0 Å². The maximum atomic E-state index is 10.2. The van der Waals surface area contributed by atoms with Crippen molar-refractivity contribution >= 4 is 0 Å². The third-order valence-corrected chi connectivity index (χ3v) is 5.04. The summed E-state index contributed by atoms with van der Waals surface area (Å²) in [6, 6.07) is 0. The zero-order valence-electron chi connectivity index (χ0n) is 14.0. The lowest BCUT2D eigenvalue weighted by atomic mass is 9.75. The topological polar surface area (TPSA) is 41.9 Å². The molecule has 1 saturated carbocycles. The van der Waals surface area contributed by atoms with Crippen molar-refractivity contribution in [2.24, 2.45) is 17.8 Å². The van der Waals surface area contributed by atoms with Crippen LogP contribution in [0.1, 0.15) is 40.0 Å². The van der Waals surface area contributed by atoms with E-state index >= 15 is 0 Å². The van der Waals surface area contributed by atoms with Crippen LogP contribution in [0.25, 0.3) is 0 Å². The second-order valence-corrected chi connectivity index (χ2v) is 7.26. The smallest absolute Gasteiger partial charge is 0.0900 e. The van der Waals surface area contributed by atoms with Crippen LogP contribution < -0.4 is 0 Å². The Labute approximate surface area is 129 Å². The van der Waals surface area contributed by atoms with E-state index in [2.05, 4.69) is 25.7 Å². The predicted octanol–water partition coefficient (Wildman–Crippen LogP) is 2.16. The summed E-state index contributed by atoms with van der Waals surface area (Å²) >= 11 is 0. The van der Waals surface area contributed by atoms with Crippen molar-refractivity contribution in [3.8, 4) is 0 Å². The summed E-state index contributed by atoms with van der Waals surface area (Å²) in [4.78, 5) is 2.26. The van der Waals surface area contributed by atoms with Gasteiger partial charge < -0.3 is 14.6 Å². The number of morpholine rings is 1. The fourth-order valence-electron chi connectivity index (χ4n) is 3.68. The van der Waals surface area contributed by atoms with Crippen LogP contribution in [0.15, 0.2) is 0 Å². The average Bonchev–Trinajstić information content (AvgIpc) is 2.46. The molecular formula is C17H33NO3. The van der Waals surface area contributed by atoms with Crippen molar-refractivity contribution in [3.05, 3.63) is 0 Å². The normalized spacial score (nSPS) is 33.3. The van der Waals surface area contributed by atoms with Crippen LogP contribution in [0, 0.1) is 17.8 Å². The summed E-state index contributed by atoms with van der Waals surface area (Å²) in [5.41, 5.74) is 0. The molecule has 0 aromatic heterocycles. The van der Waals surface area contributed by atoms with Crippen LogP contribution in [0.2, 0.25) is 0 Å². The molecule has 4 heteroatoms. The largest absolute Gasteiger partial charge is 0.389 e. The molecule has 0 bridgehead atoms. The molecule has 0 amide bonds. The molecule has 1 heterocycles. The molecule has 21 heavy (non-hydrogen) atoms. The van der Waals surface area contributed by atoms with Crippen LogP contribution in [-0.4, -0.2) is 61.7 Å². The van der Waals surface area contributed by atoms with Crippen LogP contribution in [0.3, 0.4) is 0 Å². The number of aliphatic hydroxyl groups excluding tert-OH is 1. The van der Waals surface area contributed by atoms with Gasteiger partial charge in [0.05, 0.1) is 32.0 Å². The molecule has 124 valence electrons. The number of β-amino-alcohol motifs (C(OH)–C–C–N with tert-alkyl or cyclic N) is 1. The van der Waals surface area contributed by atoms with Gasteiger partial charge in [0, 0.05) is 19.6 Å². The first-order valence-corrected chi connectivity index (χ1v) is 8.66. The highest BCUT2D eigenvalue weighted by Gasteiger charge is 2.31. The number of ether oxygens (including phenoxy) is 2. The van der Waals surface area contributed by atoms with Gasteiger partial charge in [0.1, 0.15) is 0 Å². The number of nitrogens with zero attached hydrogens (tertiary/aromatic N) is 1. The Morgan fingerprint density at radius 1 is 1.24 bits per heavy atom. The van der Waals surface area contributed by atoms with E-state index in [1.54, 1.807) is 0 Å². The molecule has 2 rings (SSSR count). The van der Waals surface area contributed by atoms with Crippen molar-refractivity contribution in [2.75, 3.05) is 39.5 Å². The van der Waals surface area contributed by atoms with E-state index in [0.29, 0.717) is 31.1 Å². The van der Waals surface area contributed by atoms with E-state index in [9.17, 15) is 5.11 Å². The summed E-state index contributed by atoms with van der Waals surface area (Å²) in [6.07, 6.45) is 3.68. The molecular weight excluding hydrogens is 266 g/mol.